The van der Waals surface area contributed by atoms with E-state index in [0.29, 0.717) is 6.61 Å². The van der Waals surface area contributed by atoms with Gasteiger partial charge in [-0.05, 0) is 34.5 Å². The molecule has 1 rings (SSSR count). The lowest BCUT2D eigenvalue weighted by Gasteiger charge is -1.93. The summed E-state index contributed by atoms with van der Waals surface area (Å²) in [4.78, 5) is 0. The summed E-state index contributed by atoms with van der Waals surface area (Å²) in [5.41, 5.74) is 0. The monoisotopic (exact) mass is 252 g/mol. The van der Waals surface area contributed by atoms with Crippen LogP contribution in [-0.4, -0.2) is 17.5 Å². The van der Waals surface area contributed by atoms with E-state index in [1.807, 2.05) is 6.07 Å². The number of aliphatic hydroxyl groups excluding tert-OH is 1. The van der Waals surface area contributed by atoms with Crippen LogP contribution >= 0.6 is 39.0 Å². The quantitative estimate of drug-likeness (QED) is 0.657. The van der Waals surface area contributed by atoms with Crippen molar-refractivity contribution in [3.8, 4) is 0 Å². The molecule has 0 aliphatic heterocycles. The van der Waals surface area contributed by atoms with E-state index in [0.717, 1.165) is 12.2 Å². The van der Waals surface area contributed by atoms with Gasteiger partial charge in [0, 0.05) is 12.4 Å². The van der Waals surface area contributed by atoms with Crippen LogP contribution in [0.15, 0.2) is 20.1 Å². The van der Waals surface area contributed by atoms with Crippen molar-refractivity contribution in [1.29, 1.82) is 0 Å². The SMILES string of the molecule is OCCCSc1ccc(Br)s1. The number of halogens is 1. The molecule has 0 spiro atoms. The maximum atomic E-state index is 8.53. The standard InChI is InChI=1S/C7H9BrOS2/c8-6-2-3-7(11-6)10-5-1-4-9/h2-3,9H,1,4-5H2. The van der Waals surface area contributed by atoms with E-state index in [4.69, 9.17) is 5.11 Å². The number of hydrogen-bond acceptors (Lipinski definition) is 3. The van der Waals surface area contributed by atoms with Crippen LogP contribution in [0.5, 0.6) is 0 Å². The Morgan fingerprint density at radius 2 is 2.36 bits per heavy atom. The van der Waals surface area contributed by atoms with Gasteiger partial charge in [-0.15, -0.1) is 23.1 Å². The third-order valence-corrected chi connectivity index (χ3v) is 4.03. The molecule has 1 aromatic heterocycles. The second-order valence-corrected chi connectivity index (χ2v) is 5.84. The lowest BCUT2D eigenvalue weighted by Crippen LogP contribution is -1.83. The number of thiophene rings is 1. The first kappa shape index (κ1) is 9.58. The molecule has 4 heteroatoms. The molecule has 0 saturated carbocycles. The predicted molar refractivity (Wildman–Crippen MR) is 54.4 cm³/mol. The van der Waals surface area contributed by atoms with Crippen molar-refractivity contribution in [3.63, 3.8) is 0 Å². The first-order valence-electron chi connectivity index (χ1n) is 3.32. The molecule has 1 aromatic rings. The maximum Gasteiger partial charge on any atom is 0.0710 e. The third kappa shape index (κ3) is 3.60. The van der Waals surface area contributed by atoms with Crippen LogP contribution < -0.4 is 0 Å². The molecule has 0 aliphatic carbocycles. The Bertz CT molecular complexity index is 212. The minimum atomic E-state index is 0.291. The Hall–Kier alpha value is 0.490. The van der Waals surface area contributed by atoms with Crippen molar-refractivity contribution >= 4 is 39.0 Å². The van der Waals surface area contributed by atoms with E-state index in [-0.39, 0.29) is 0 Å². The van der Waals surface area contributed by atoms with Gasteiger partial charge in [0.15, 0.2) is 0 Å². The highest BCUT2D eigenvalue weighted by Crippen LogP contribution is 2.30. The molecule has 1 heterocycles. The summed E-state index contributed by atoms with van der Waals surface area (Å²) in [5, 5.41) is 8.53. The number of aliphatic hydroxyl groups is 1. The van der Waals surface area contributed by atoms with Crippen LogP contribution in [0.2, 0.25) is 0 Å². The van der Waals surface area contributed by atoms with E-state index in [9.17, 15) is 0 Å². The average Bonchev–Trinajstić information content (AvgIpc) is 2.37. The highest BCUT2D eigenvalue weighted by atomic mass is 79.9. The zero-order chi connectivity index (χ0) is 8.10. The van der Waals surface area contributed by atoms with Crippen molar-refractivity contribution < 1.29 is 5.11 Å². The normalized spacial score (nSPS) is 10.4. The molecule has 62 valence electrons. The van der Waals surface area contributed by atoms with Gasteiger partial charge in [0.2, 0.25) is 0 Å². The highest BCUT2D eigenvalue weighted by Gasteiger charge is 1.96. The van der Waals surface area contributed by atoms with Gasteiger partial charge in [-0.1, -0.05) is 0 Å². The summed E-state index contributed by atoms with van der Waals surface area (Å²) in [6, 6.07) is 4.14. The maximum absolute atomic E-state index is 8.53. The van der Waals surface area contributed by atoms with E-state index < -0.39 is 0 Å². The van der Waals surface area contributed by atoms with Gasteiger partial charge < -0.3 is 5.11 Å². The number of hydrogen-bond donors (Lipinski definition) is 1. The van der Waals surface area contributed by atoms with E-state index in [1.165, 1.54) is 8.00 Å². The van der Waals surface area contributed by atoms with Crippen LogP contribution in [0.25, 0.3) is 0 Å². The molecule has 0 fully saturated rings. The molecule has 0 atom stereocenters. The fraction of sp³-hybridized carbons (Fsp3) is 0.429. The van der Waals surface area contributed by atoms with Gasteiger partial charge in [0.05, 0.1) is 8.00 Å². The summed E-state index contributed by atoms with van der Waals surface area (Å²) >= 11 is 6.93. The third-order valence-electron chi connectivity index (χ3n) is 1.10. The van der Waals surface area contributed by atoms with Crippen molar-refractivity contribution in [2.45, 2.75) is 10.6 Å². The molecule has 0 aliphatic rings. The van der Waals surface area contributed by atoms with Gasteiger partial charge in [0.25, 0.3) is 0 Å². The number of thioether (sulfide) groups is 1. The molecular formula is C7H9BrOS2. The van der Waals surface area contributed by atoms with Gasteiger partial charge in [-0.3, -0.25) is 0 Å². The molecule has 1 nitrogen and oxygen atoms in total. The predicted octanol–water partition coefficient (Wildman–Crippen LogP) is 2.99. The minimum absolute atomic E-state index is 0.291. The van der Waals surface area contributed by atoms with Crippen LogP contribution in [0.4, 0.5) is 0 Å². The van der Waals surface area contributed by atoms with Gasteiger partial charge in [-0.2, -0.15) is 0 Å². The molecule has 11 heavy (non-hydrogen) atoms. The summed E-state index contributed by atoms with van der Waals surface area (Å²) < 4.78 is 2.48. The first-order chi connectivity index (χ1) is 5.33. The summed E-state index contributed by atoms with van der Waals surface area (Å²) in [6.07, 6.45) is 0.875. The van der Waals surface area contributed by atoms with Crippen LogP contribution in [-0.2, 0) is 0 Å². The lowest BCUT2D eigenvalue weighted by molar-refractivity contribution is 0.296. The van der Waals surface area contributed by atoms with Gasteiger partial charge >= 0.3 is 0 Å². The summed E-state index contributed by atoms with van der Waals surface area (Å²) in [6.45, 7) is 0.291. The molecule has 0 amide bonds. The fourth-order valence-corrected chi connectivity index (χ4v) is 3.45. The molecule has 1 N–H and O–H groups in total. The topological polar surface area (TPSA) is 20.2 Å². The largest absolute Gasteiger partial charge is 0.396 e. The molecule has 0 radical (unpaired) electrons. The van der Waals surface area contributed by atoms with Gasteiger partial charge in [-0.25, -0.2) is 0 Å². The average molecular weight is 253 g/mol. The molecule has 0 saturated heterocycles. The van der Waals surface area contributed by atoms with E-state index in [1.54, 1.807) is 23.1 Å². The molecule has 0 aromatic carbocycles. The Kier molecular flexibility index (Phi) is 4.52. The molecule has 0 bridgehead atoms. The highest BCUT2D eigenvalue weighted by molar-refractivity contribution is 9.11. The first-order valence-corrected chi connectivity index (χ1v) is 5.91. The molecular weight excluding hydrogens is 244 g/mol. The smallest absolute Gasteiger partial charge is 0.0710 e. The van der Waals surface area contributed by atoms with Crippen molar-refractivity contribution in [3.05, 3.63) is 15.9 Å². The van der Waals surface area contributed by atoms with Gasteiger partial charge in [0.1, 0.15) is 0 Å². The minimum Gasteiger partial charge on any atom is -0.396 e. The Labute approximate surface area is 83.0 Å². The van der Waals surface area contributed by atoms with E-state index in [2.05, 4.69) is 22.0 Å². The molecule has 0 unspecified atom stereocenters. The van der Waals surface area contributed by atoms with Crippen molar-refractivity contribution in [2.24, 2.45) is 0 Å². The van der Waals surface area contributed by atoms with E-state index >= 15 is 0 Å². The Balaban J connectivity index is 2.27. The lowest BCUT2D eigenvalue weighted by atomic mass is 10.5. The Morgan fingerprint density at radius 3 is 2.91 bits per heavy atom. The summed E-state index contributed by atoms with van der Waals surface area (Å²) in [7, 11) is 0. The summed E-state index contributed by atoms with van der Waals surface area (Å²) in [5.74, 6) is 1.00. The second kappa shape index (κ2) is 5.19. The Morgan fingerprint density at radius 1 is 1.55 bits per heavy atom. The zero-order valence-electron chi connectivity index (χ0n) is 5.92. The second-order valence-electron chi connectivity index (χ2n) is 1.98. The van der Waals surface area contributed by atoms with Crippen LogP contribution in [0, 0.1) is 0 Å². The van der Waals surface area contributed by atoms with Crippen molar-refractivity contribution in [2.75, 3.05) is 12.4 Å². The fourth-order valence-electron chi connectivity index (χ4n) is 0.613. The van der Waals surface area contributed by atoms with Crippen LogP contribution in [0.1, 0.15) is 6.42 Å². The zero-order valence-corrected chi connectivity index (χ0v) is 9.14. The van der Waals surface area contributed by atoms with Crippen LogP contribution in [0.3, 0.4) is 0 Å². The van der Waals surface area contributed by atoms with Crippen molar-refractivity contribution in [1.82, 2.24) is 0 Å². The number of rotatable bonds is 4.